The van der Waals surface area contributed by atoms with E-state index in [1.807, 2.05) is 324 Å². The highest BCUT2D eigenvalue weighted by atomic mass is 15.2. The van der Waals surface area contributed by atoms with Gasteiger partial charge in [-0.2, -0.15) is 0 Å². The van der Waals surface area contributed by atoms with Crippen LogP contribution in [-0.4, -0.2) is 183 Å². The van der Waals surface area contributed by atoms with Crippen molar-refractivity contribution in [2.45, 2.75) is 126 Å². The van der Waals surface area contributed by atoms with E-state index in [9.17, 15) is 0 Å². The van der Waals surface area contributed by atoms with Crippen LogP contribution in [0.5, 0.6) is 0 Å². The van der Waals surface area contributed by atoms with Crippen LogP contribution in [-0.2, 0) is 6.54 Å². The Kier molecular flexibility index (Phi) is 103. The smallest absolute Gasteiger partial charge is 0.0395 e. The fraction of sp³-hybridized carbons (Fsp3) is 0.531. The van der Waals surface area contributed by atoms with Gasteiger partial charge >= 0.3 is 0 Å². The summed E-state index contributed by atoms with van der Waals surface area (Å²) < 4.78 is 0. The molecule has 3 heterocycles. The Bertz CT molecular complexity index is 2120. The molecule has 5 aliphatic rings. The molecule has 0 aromatic heterocycles. The number of allylic oxidation sites excluding steroid dienone is 6. The maximum atomic E-state index is 3.21. The minimum absolute atomic E-state index is 0. The highest BCUT2D eigenvalue weighted by molar-refractivity contribution is 5.44. The Hall–Kier alpha value is -8.98. The maximum Gasteiger partial charge on any atom is 0.0395 e. The van der Waals surface area contributed by atoms with E-state index >= 15 is 0 Å². The van der Waals surface area contributed by atoms with Crippen molar-refractivity contribution in [2.24, 2.45) is 5.92 Å². The lowest BCUT2D eigenvalue weighted by molar-refractivity contribution is 0.198. The Morgan fingerprint density at radius 3 is 0.951 bits per heavy atom. The number of piperidine rings is 2. The highest BCUT2D eigenvalue weighted by Gasteiger charge is 2.19. The highest BCUT2D eigenvalue weighted by Crippen LogP contribution is 2.27. The fourth-order valence-corrected chi connectivity index (χ4v) is 7.53. The Labute approximate surface area is 628 Å². The van der Waals surface area contributed by atoms with E-state index in [-0.39, 0.29) is 7.43 Å². The molecule has 0 unspecified atom stereocenters. The molecule has 0 amide bonds. The predicted octanol–water partition coefficient (Wildman–Crippen LogP) is 11.7. The topological polar surface area (TPSA) is 217 Å². The molecule has 2 saturated carbocycles. The summed E-state index contributed by atoms with van der Waals surface area (Å²) in [5.74, 6) is 0.964. The molecule has 5 fully saturated rings. The number of rotatable bonds is 26. The molecule has 2 aromatic rings. The first kappa shape index (κ1) is 106. The summed E-state index contributed by atoms with van der Waals surface area (Å²) in [4.78, 5) is 9.40. The Morgan fingerprint density at radius 1 is 0.324 bits per heavy atom. The fourth-order valence-electron chi connectivity index (χ4n) is 7.53. The molecule has 588 valence electrons. The Morgan fingerprint density at radius 2 is 0.637 bits per heavy atom. The molecule has 0 radical (unpaired) electrons. The van der Waals surface area contributed by atoms with Crippen LogP contribution in [0, 0.1) is 5.92 Å². The number of likely N-dealkylation sites (N-methyl/N-ethyl adjacent to an activating group) is 1. The molecule has 3 aliphatic heterocycles. The molecular weight excluding hydrogens is 1270 g/mol. The zero-order chi connectivity index (χ0) is 76.2. The van der Waals surface area contributed by atoms with Crippen molar-refractivity contribution in [3.63, 3.8) is 0 Å². The average molecular weight is 1430 g/mol. The molecule has 21 nitrogen and oxygen atoms in total. The second-order valence-electron chi connectivity index (χ2n) is 22.2. The average Bonchev–Trinajstić information content (AvgIpc) is 1.66. The summed E-state index contributed by atoms with van der Waals surface area (Å²) in [7, 11) is 26.7. The monoisotopic (exact) mass is 1430 g/mol. The summed E-state index contributed by atoms with van der Waals surface area (Å²) in [5.41, 5.74) is 2.39. The van der Waals surface area contributed by atoms with Crippen LogP contribution in [0.25, 0.3) is 0 Å². The van der Waals surface area contributed by atoms with Crippen LogP contribution in [0.3, 0.4) is 0 Å². The molecule has 0 spiro atoms. The van der Waals surface area contributed by atoms with Crippen molar-refractivity contribution in [2.75, 3.05) is 163 Å². The zero-order valence-corrected chi connectivity index (χ0v) is 67.4. The third-order valence-electron chi connectivity index (χ3n) is 13.1. The van der Waals surface area contributed by atoms with Gasteiger partial charge in [-0.1, -0.05) is 92.4 Å². The van der Waals surface area contributed by atoms with E-state index in [0.29, 0.717) is 0 Å². The standard InChI is InChI=1S/C10H14N2.C9H12N2.C8H17N3.2C8H16N2.C7H14N2.C6H12N2.6C4H9N.CH4/c1-11-7-8-12-9-10-5-3-2-4-6-10;1-10-7-8-11-9-5-3-2-4-6-9;1-9-3-4-11-7-5-10(2)6-8-11;2*1-9-5-8-10-6-3-2-4-7-10;1-8-4-5-9-6-7-2-3-7;1-7-4-5-8-6-2-3-6;6*1-3-4-5-2;/h2-8,11-12H,9H2,1H3;2-8,10-11H,1H3;3-4,9H,5-8H2,1-2H3;2*5,8-9H,2-4,6-7H2,1H3;4-5,7-9H,2-3,6H2,1H3;4-8H,2-3H2,1H3;6*3-5H,1-2H3;1H4. The molecule has 2 aromatic carbocycles. The molecule has 17 N–H and O–H groups in total. The van der Waals surface area contributed by atoms with Gasteiger partial charge in [0.25, 0.3) is 0 Å². The van der Waals surface area contributed by atoms with E-state index in [1.54, 1.807) is 0 Å². The maximum absolute atomic E-state index is 3.21. The quantitative estimate of drug-likeness (QED) is 0.0421. The zero-order valence-electron chi connectivity index (χ0n) is 67.4. The van der Waals surface area contributed by atoms with Crippen molar-refractivity contribution in [1.29, 1.82) is 0 Å². The first-order chi connectivity index (χ1) is 49.4. The van der Waals surface area contributed by atoms with Gasteiger partial charge in [0.05, 0.1) is 0 Å². The van der Waals surface area contributed by atoms with E-state index in [2.05, 4.69) is 148 Å². The van der Waals surface area contributed by atoms with Crippen molar-refractivity contribution >= 4 is 5.69 Å². The van der Waals surface area contributed by atoms with E-state index < -0.39 is 0 Å². The molecule has 102 heavy (non-hydrogen) atoms. The van der Waals surface area contributed by atoms with Gasteiger partial charge in [0.1, 0.15) is 0 Å². The molecule has 7 rings (SSSR count). The lowest BCUT2D eigenvalue weighted by Crippen LogP contribution is -2.41. The molecule has 3 saturated heterocycles. The number of nitrogens with zero attached hydrogens (tertiary/aromatic N) is 4. The molecule has 2 aliphatic carbocycles. The molecule has 0 atom stereocenters. The van der Waals surface area contributed by atoms with Gasteiger partial charge in [0, 0.05) is 256 Å². The Balaban J connectivity index is -0.000000194. The van der Waals surface area contributed by atoms with Gasteiger partial charge in [-0.15, -0.1) is 0 Å². The van der Waals surface area contributed by atoms with Gasteiger partial charge in [-0.05, 0) is 174 Å². The second kappa shape index (κ2) is 98.4. The number of nitrogens with one attached hydrogen (secondary N) is 17. The van der Waals surface area contributed by atoms with E-state index in [1.165, 1.54) is 109 Å². The number of likely N-dealkylation sites (tertiary alicyclic amines) is 2. The predicted molar refractivity (Wildman–Crippen MR) is 458 cm³/mol. The number of hydrogen-bond acceptors (Lipinski definition) is 21. The van der Waals surface area contributed by atoms with E-state index in [4.69, 9.17) is 0 Å². The van der Waals surface area contributed by atoms with Crippen molar-refractivity contribution in [3.8, 4) is 0 Å². The summed E-state index contributed by atoms with van der Waals surface area (Å²) >= 11 is 0. The minimum atomic E-state index is 0. The SMILES string of the molecule is C.CC=CNC.CC=CNC.CC=CNC.CC=CNC.CC=CNC.CC=CNC.CNC=CN1CCCCC1.CNC=CN1CCCCC1.CNC=CN1CCN(C)CC1.CNC=CNC1CC1.CNC=CNCC1CC1.CNC=CNCc1ccccc1.CNC=CNc1ccccc1. The largest absolute Gasteiger partial charge is 0.394 e. The van der Waals surface area contributed by atoms with Gasteiger partial charge in [-0.3, -0.25) is 0 Å². The second-order valence-corrected chi connectivity index (χ2v) is 22.2. The van der Waals surface area contributed by atoms with Gasteiger partial charge in [0.2, 0.25) is 0 Å². The normalized spacial score (nSPS) is 14.3. The van der Waals surface area contributed by atoms with E-state index in [0.717, 1.165) is 43.8 Å². The summed E-state index contributed by atoms with van der Waals surface area (Å²) in [6, 6.07) is 21.1. The summed E-state index contributed by atoms with van der Waals surface area (Å²) in [6.45, 7) is 23.4. The lowest BCUT2D eigenvalue weighted by Gasteiger charge is -2.31. The van der Waals surface area contributed by atoms with Crippen molar-refractivity contribution in [3.05, 3.63) is 227 Å². The number of para-hydroxylation sites is 1. The lowest BCUT2D eigenvalue weighted by atomic mass is 10.1. The van der Waals surface area contributed by atoms with Gasteiger partial charge in [-0.25, -0.2) is 0 Å². The number of anilines is 1. The van der Waals surface area contributed by atoms with Crippen LogP contribution in [0.1, 0.15) is 119 Å². The van der Waals surface area contributed by atoms with Crippen LogP contribution < -0.4 is 90.4 Å². The summed E-state index contributed by atoms with van der Waals surface area (Å²) in [5, 5.41) is 50.3. The number of hydrogen-bond donors (Lipinski definition) is 17. The van der Waals surface area contributed by atoms with Gasteiger partial charge in [0.15, 0.2) is 0 Å². The molecule has 21 heteroatoms. The third kappa shape index (κ3) is 102. The number of benzene rings is 2. The number of piperazine rings is 1. The summed E-state index contributed by atoms with van der Waals surface area (Å²) in [6.07, 6.45) is 64.2. The van der Waals surface area contributed by atoms with Crippen molar-refractivity contribution < 1.29 is 0 Å². The molecular formula is C81H159N21. The van der Waals surface area contributed by atoms with Crippen LogP contribution in [0.4, 0.5) is 5.69 Å². The minimum Gasteiger partial charge on any atom is -0.394 e. The van der Waals surface area contributed by atoms with Gasteiger partial charge < -0.3 is 110 Å². The van der Waals surface area contributed by atoms with Crippen LogP contribution >= 0.6 is 0 Å². The molecule has 0 bridgehead atoms. The first-order valence-electron chi connectivity index (χ1n) is 36.4. The van der Waals surface area contributed by atoms with Crippen LogP contribution in [0.15, 0.2) is 221 Å². The first-order valence-corrected chi connectivity index (χ1v) is 36.4. The van der Waals surface area contributed by atoms with Crippen LogP contribution in [0.2, 0.25) is 0 Å². The third-order valence-corrected chi connectivity index (χ3v) is 13.1. The van der Waals surface area contributed by atoms with Crippen molar-refractivity contribution in [1.82, 2.24) is 105 Å².